The monoisotopic (exact) mass is 142 g/mol. The van der Waals surface area contributed by atoms with E-state index in [0.717, 1.165) is 0 Å². The summed E-state index contributed by atoms with van der Waals surface area (Å²) in [5, 5.41) is 0. The van der Waals surface area contributed by atoms with Crippen LogP contribution in [0, 0.1) is 27.7 Å². The second-order valence-electron chi connectivity index (χ2n) is 3.02. The minimum absolute atomic E-state index is 0. The molecule has 0 aliphatic carbocycles. The van der Waals surface area contributed by atoms with Gasteiger partial charge in [0.15, 0.2) is 0 Å². The first kappa shape index (κ1) is 10.8. The molecule has 0 aliphatic rings. The topological polar surface area (TPSA) is 0 Å². The maximum atomic E-state index is 2.24. The molecule has 1 rings (SSSR count). The Labute approximate surface area is 82.7 Å². The molecule has 0 aromatic heterocycles. The van der Waals surface area contributed by atoms with E-state index in [4.69, 9.17) is 0 Å². The molecule has 1 aromatic rings. The Bertz CT molecular complexity index is 206. The Morgan fingerprint density at radius 1 is 0.727 bits per heavy atom. The van der Waals surface area contributed by atoms with Crippen LogP contribution in [-0.2, 0) is 0 Å². The van der Waals surface area contributed by atoms with Crippen LogP contribution in [-0.4, -0.2) is 0 Å². The third kappa shape index (κ3) is 2.40. The van der Waals surface area contributed by atoms with Gasteiger partial charge in [0.25, 0.3) is 0 Å². The van der Waals surface area contributed by atoms with Crippen LogP contribution in [0.2, 0.25) is 0 Å². The van der Waals surface area contributed by atoms with E-state index in [1.54, 1.807) is 0 Å². The number of hydrogen-bond donors (Lipinski definition) is 0. The van der Waals surface area contributed by atoms with Crippen LogP contribution in [0.5, 0.6) is 0 Å². The van der Waals surface area contributed by atoms with Crippen LogP contribution >= 0.6 is 0 Å². The standard InChI is InChI=1S/C10H14.Li.H/c1-7-5-9(3)10(4)6-8(7)2;;/h5-6H,1-4H3;;/q;+1;-1. The van der Waals surface area contributed by atoms with E-state index < -0.39 is 0 Å². The second kappa shape index (κ2) is 4.00. The van der Waals surface area contributed by atoms with Crippen molar-refractivity contribution in [2.45, 2.75) is 27.7 Å². The van der Waals surface area contributed by atoms with Gasteiger partial charge in [-0.25, -0.2) is 0 Å². The average molecular weight is 142 g/mol. The van der Waals surface area contributed by atoms with Gasteiger partial charge in [0, 0.05) is 0 Å². The largest absolute Gasteiger partial charge is 1.00 e. The zero-order valence-corrected chi connectivity index (χ0v) is 8.15. The number of benzene rings is 1. The van der Waals surface area contributed by atoms with Crippen LogP contribution in [0.25, 0.3) is 0 Å². The van der Waals surface area contributed by atoms with E-state index in [1.807, 2.05) is 0 Å². The van der Waals surface area contributed by atoms with Gasteiger partial charge in [-0.2, -0.15) is 0 Å². The minimum Gasteiger partial charge on any atom is -1.00 e. The molecule has 56 valence electrons. The van der Waals surface area contributed by atoms with Gasteiger partial charge in [-0.05, 0) is 49.9 Å². The Hall–Kier alpha value is -0.183. The zero-order chi connectivity index (χ0) is 7.72. The zero-order valence-electron chi connectivity index (χ0n) is 9.15. The van der Waals surface area contributed by atoms with Gasteiger partial charge in [0.2, 0.25) is 0 Å². The molecule has 0 saturated carbocycles. The molecule has 0 amide bonds. The molecule has 0 fully saturated rings. The molecule has 0 aliphatic heterocycles. The smallest absolute Gasteiger partial charge is 1.00 e. The van der Waals surface area contributed by atoms with Crippen LogP contribution in [0.15, 0.2) is 12.1 Å². The second-order valence-corrected chi connectivity index (χ2v) is 3.02. The van der Waals surface area contributed by atoms with Crippen LogP contribution in [0.1, 0.15) is 23.7 Å². The maximum absolute atomic E-state index is 2.24. The van der Waals surface area contributed by atoms with Gasteiger partial charge in [-0.1, -0.05) is 12.1 Å². The fraction of sp³-hybridized carbons (Fsp3) is 0.400. The van der Waals surface area contributed by atoms with Crippen molar-refractivity contribution in [3.63, 3.8) is 0 Å². The predicted molar refractivity (Wildman–Crippen MR) is 46.5 cm³/mol. The molecular weight excluding hydrogens is 127 g/mol. The van der Waals surface area contributed by atoms with E-state index in [1.165, 1.54) is 22.3 Å². The van der Waals surface area contributed by atoms with Gasteiger partial charge < -0.3 is 1.43 Å². The molecule has 0 bridgehead atoms. The summed E-state index contributed by atoms with van der Waals surface area (Å²) in [7, 11) is 0. The Balaban J connectivity index is 0. The van der Waals surface area contributed by atoms with Gasteiger partial charge in [0.05, 0.1) is 0 Å². The normalized spacial score (nSPS) is 9.09. The Morgan fingerprint density at radius 2 is 0.909 bits per heavy atom. The summed E-state index contributed by atoms with van der Waals surface area (Å²) in [6.07, 6.45) is 0. The molecule has 0 unspecified atom stereocenters. The Morgan fingerprint density at radius 3 is 1.09 bits per heavy atom. The molecule has 1 heteroatoms. The molecule has 0 heterocycles. The first-order valence-electron chi connectivity index (χ1n) is 3.65. The summed E-state index contributed by atoms with van der Waals surface area (Å²) >= 11 is 0. The van der Waals surface area contributed by atoms with Crippen molar-refractivity contribution in [3.8, 4) is 0 Å². The average Bonchev–Trinajstić information content (AvgIpc) is 1.84. The fourth-order valence-corrected chi connectivity index (χ4v) is 1.10. The summed E-state index contributed by atoms with van der Waals surface area (Å²) in [5.41, 5.74) is 5.57. The third-order valence-electron chi connectivity index (χ3n) is 2.11. The SMILES string of the molecule is Cc1cc(C)c(C)cc1C.[H-].[Li+]. The van der Waals surface area contributed by atoms with Crippen molar-refractivity contribution in [2.24, 2.45) is 0 Å². The molecule has 0 spiro atoms. The number of rotatable bonds is 0. The van der Waals surface area contributed by atoms with Gasteiger partial charge >= 0.3 is 18.9 Å². The molecule has 0 radical (unpaired) electrons. The van der Waals surface area contributed by atoms with E-state index in [2.05, 4.69) is 39.8 Å². The molecule has 0 saturated heterocycles. The van der Waals surface area contributed by atoms with E-state index in [-0.39, 0.29) is 20.3 Å². The molecule has 11 heavy (non-hydrogen) atoms. The summed E-state index contributed by atoms with van der Waals surface area (Å²) in [6.45, 7) is 8.62. The quantitative estimate of drug-likeness (QED) is 0.448. The Kier molecular flexibility index (Phi) is 3.93. The molecule has 1 aromatic carbocycles. The number of aryl methyl sites for hydroxylation is 4. The molecule has 0 N–H and O–H groups in total. The first-order valence-corrected chi connectivity index (χ1v) is 3.65. The van der Waals surface area contributed by atoms with Crippen molar-refractivity contribution < 1.29 is 20.3 Å². The van der Waals surface area contributed by atoms with Crippen LogP contribution < -0.4 is 18.9 Å². The fourth-order valence-electron chi connectivity index (χ4n) is 1.10. The van der Waals surface area contributed by atoms with Gasteiger partial charge in [-0.3, -0.25) is 0 Å². The molecule has 0 atom stereocenters. The first-order chi connectivity index (χ1) is 4.61. The van der Waals surface area contributed by atoms with Crippen LogP contribution in [0.3, 0.4) is 0 Å². The summed E-state index contributed by atoms with van der Waals surface area (Å²) in [6, 6.07) is 4.48. The van der Waals surface area contributed by atoms with Crippen molar-refractivity contribution in [1.29, 1.82) is 0 Å². The molecule has 0 nitrogen and oxygen atoms in total. The van der Waals surface area contributed by atoms with Crippen molar-refractivity contribution in [3.05, 3.63) is 34.4 Å². The minimum atomic E-state index is 0. The maximum Gasteiger partial charge on any atom is 1.00 e. The van der Waals surface area contributed by atoms with Gasteiger partial charge in [0.1, 0.15) is 0 Å². The van der Waals surface area contributed by atoms with E-state index >= 15 is 0 Å². The summed E-state index contributed by atoms with van der Waals surface area (Å²) < 4.78 is 0. The van der Waals surface area contributed by atoms with Crippen molar-refractivity contribution in [1.82, 2.24) is 0 Å². The van der Waals surface area contributed by atoms with Gasteiger partial charge in [-0.15, -0.1) is 0 Å². The van der Waals surface area contributed by atoms with Crippen molar-refractivity contribution >= 4 is 0 Å². The van der Waals surface area contributed by atoms with Crippen molar-refractivity contribution in [2.75, 3.05) is 0 Å². The van der Waals surface area contributed by atoms with E-state index in [0.29, 0.717) is 0 Å². The summed E-state index contributed by atoms with van der Waals surface area (Å²) in [5.74, 6) is 0. The third-order valence-corrected chi connectivity index (χ3v) is 2.11. The van der Waals surface area contributed by atoms with Crippen LogP contribution in [0.4, 0.5) is 0 Å². The number of hydrogen-bond acceptors (Lipinski definition) is 0. The molecular formula is C10H15Li. The summed E-state index contributed by atoms with van der Waals surface area (Å²) in [4.78, 5) is 0. The predicted octanol–water partition coefficient (Wildman–Crippen LogP) is 0.0368. The van der Waals surface area contributed by atoms with E-state index in [9.17, 15) is 0 Å².